The maximum absolute atomic E-state index is 12.3. The van der Waals surface area contributed by atoms with E-state index in [2.05, 4.69) is 10.6 Å². The maximum Gasteiger partial charge on any atom is 0.262 e. The van der Waals surface area contributed by atoms with Crippen LogP contribution in [-0.2, 0) is 14.8 Å². The molecule has 0 unspecified atom stereocenters. The van der Waals surface area contributed by atoms with Crippen LogP contribution in [0.25, 0.3) is 0 Å². The molecule has 0 heterocycles. The number of carbonyl (C=O) groups excluding carboxylic acids is 2. The lowest BCUT2D eigenvalue weighted by Crippen LogP contribution is -2.25. The van der Waals surface area contributed by atoms with Crippen LogP contribution in [0.3, 0.4) is 0 Å². The molecule has 156 valence electrons. The second-order valence-electron chi connectivity index (χ2n) is 6.46. The molecule has 2 rings (SSSR count). The molecule has 9 heteroatoms. The van der Waals surface area contributed by atoms with Crippen LogP contribution >= 0.6 is 0 Å². The summed E-state index contributed by atoms with van der Waals surface area (Å²) in [5, 5.41) is 5.32. The monoisotopic (exact) mass is 419 g/mol. The van der Waals surface area contributed by atoms with Crippen LogP contribution in [-0.4, -0.2) is 51.8 Å². The third kappa shape index (κ3) is 5.55. The molecule has 8 nitrogen and oxygen atoms in total. The van der Waals surface area contributed by atoms with Gasteiger partial charge < -0.3 is 15.4 Å². The van der Waals surface area contributed by atoms with Gasteiger partial charge in [0.1, 0.15) is 5.75 Å². The Hall–Kier alpha value is -2.91. The van der Waals surface area contributed by atoms with Crippen molar-refractivity contribution in [1.82, 2.24) is 9.62 Å². The Labute approximate surface area is 170 Å². The SMILES string of the molecule is CCNC(=O)c1cccc(C)c1OCC(=O)Nc1cccc(S(=O)(=O)N(C)C)c1. The molecule has 29 heavy (non-hydrogen) atoms. The summed E-state index contributed by atoms with van der Waals surface area (Å²) < 4.78 is 31.1. The number of ether oxygens (including phenoxy) is 1. The Kier molecular flexibility index (Phi) is 7.35. The molecule has 2 amide bonds. The van der Waals surface area contributed by atoms with Gasteiger partial charge in [-0.15, -0.1) is 0 Å². The van der Waals surface area contributed by atoms with Crippen molar-refractivity contribution in [3.8, 4) is 5.75 Å². The lowest BCUT2D eigenvalue weighted by molar-refractivity contribution is -0.118. The van der Waals surface area contributed by atoms with Gasteiger partial charge in [-0.3, -0.25) is 9.59 Å². The molecular weight excluding hydrogens is 394 g/mol. The van der Waals surface area contributed by atoms with E-state index in [4.69, 9.17) is 4.74 Å². The van der Waals surface area contributed by atoms with Crippen LogP contribution in [0.2, 0.25) is 0 Å². The van der Waals surface area contributed by atoms with Gasteiger partial charge in [-0.05, 0) is 43.7 Å². The van der Waals surface area contributed by atoms with Gasteiger partial charge in [0.2, 0.25) is 10.0 Å². The van der Waals surface area contributed by atoms with Crippen LogP contribution in [0.15, 0.2) is 47.4 Å². The predicted octanol–water partition coefficient (Wildman–Crippen LogP) is 2.01. The number of carbonyl (C=O) groups is 2. The summed E-state index contributed by atoms with van der Waals surface area (Å²) in [4.78, 5) is 24.6. The summed E-state index contributed by atoms with van der Waals surface area (Å²) in [5.41, 5.74) is 1.40. The number of para-hydroxylation sites is 1. The average molecular weight is 420 g/mol. The van der Waals surface area contributed by atoms with Crippen LogP contribution in [0.1, 0.15) is 22.8 Å². The Morgan fingerprint density at radius 1 is 1.10 bits per heavy atom. The van der Waals surface area contributed by atoms with Crippen LogP contribution < -0.4 is 15.4 Å². The van der Waals surface area contributed by atoms with E-state index in [1.165, 1.54) is 26.2 Å². The standard InChI is InChI=1S/C20H25N3O5S/c1-5-21-20(25)17-11-6-8-14(2)19(17)28-13-18(24)22-15-9-7-10-16(12-15)29(26,27)23(3)4/h6-12H,5,13H2,1-4H3,(H,21,25)(H,22,24). The van der Waals surface area contributed by atoms with Gasteiger partial charge in [0.25, 0.3) is 11.8 Å². The van der Waals surface area contributed by atoms with Gasteiger partial charge in [0.05, 0.1) is 10.5 Å². The highest BCUT2D eigenvalue weighted by Gasteiger charge is 2.18. The summed E-state index contributed by atoms with van der Waals surface area (Å²) in [6.07, 6.45) is 0. The van der Waals surface area contributed by atoms with Crippen LogP contribution in [0.4, 0.5) is 5.69 Å². The Bertz CT molecular complexity index is 1000. The molecule has 0 bridgehead atoms. The highest BCUT2D eigenvalue weighted by atomic mass is 32.2. The van der Waals surface area contributed by atoms with E-state index in [-0.39, 0.29) is 17.4 Å². The fourth-order valence-corrected chi connectivity index (χ4v) is 3.51. The summed E-state index contributed by atoms with van der Waals surface area (Å²) in [5.74, 6) is -0.430. The van der Waals surface area contributed by atoms with E-state index in [1.807, 2.05) is 6.92 Å². The highest BCUT2D eigenvalue weighted by Crippen LogP contribution is 2.24. The minimum atomic E-state index is -3.61. The molecular formula is C20H25N3O5S. The molecule has 0 aromatic heterocycles. The van der Waals surface area contributed by atoms with Gasteiger partial charge in [0, 0.05) is 26.3 Å². The molecule has 2 aromatic carbocycles. The minimum absolute atomic E-state index is 0.0682. The normalized spacial score (nSPS) is 11.2. The van der Waals surface area contributed by atoms with Crippen molar-refractivity contribution in [2.75, 3.05) is 32.6 Å². The van der Waals surface area contributed by atoms with E-state index in [9.17, 15) is 18.0 Å². The maximum atomic E-state index is 12.3. The number of hydrogen-bond donors (Lipinski definition) is 2. The Morgan fingerprint density at radius 2 is 1.79 bits per heavy atom. The van der Waals surface area contributed by atoms with Crippen molar-refractivity contribution in [2.45, 2.75) is 18.7 Å². The highest BCUT2D eigenvalue weighted by molar-refractivity contribution is 7.89. The second kappa shape index (κ2) is 9.53. The predicted molar refractivity (Wildman–Crippen MR) is 111 cm³/mol. The van der Waals surface area contributed by atoms with Crippen molar-refractivity contribution in [1.29, 1.82) is 0 Å². The topological polar surface area (TPSA) is 105 Å². The molecule has 0 aliphatic rings. The number of sulfonamides is 1. The van der Waals surface area contributed by atoms with Crippen LogP contribution in [0.5, 0.6) is 5.75 Å². The van der Waals surface area contributed by atoms with Crippen LogP contribution in [0, 0.1) is 6.92 Å². The lowest BCUT2D eigenvalue weighted by Gasteiger charge is -2.15. The number of aryl methyl sites for hydroxylation is 1. The number of hydrogen-bond acceptors (Lipinski definition) is 5. The van der Waals surface area contributed by atoms with Crippen molar-refractivity contribution >= 4 is 27.5 Å². The van der Waals surface area contributed by atoms with E-state index >= 15 is 0 Å². The van der Waals surface area contributed by atoms with E-state index in [1.54, 1.807) is 37.3 Å². The van der Waals surface area contributed by atoms with Crippen molar-refractivity contribution < 1.29 is 22.7 Å². The van der Waals surface area contributed by atoms with Crippen molar-refractivity contribution in [3.63, 3.8) is 0 Å². The molecule has 0 saturated heterocycles. The van der Waals surface area contributed by atoms with Gasteiger partial charge in [-0.1, -0.05) is 18.2 Å². The zero-order chi connectivity index (χ0) is 21.6. The second-order valence-corrected chi connectivity index (χ2v) is 8.61. The number of nitrogens with one attached hydrogen (secondary N) is 2. The van der Waals surface area contributed by atoms with Crippen molar-refractivity contribution in [2.24, 2.45) is 0 Å². The van der Waals surface area contributed by atoms with Gasteiger partial charge in [-0.25, -0.2) is 12.7 Å². The van der Waals surface area contributed by atoms with E-state index < -0.39 is 15.9 Å². The third-order valence-electron chi connectivity index (χ3n) is 4.04. The van der Waals surface area contributed by atoms with E-state index in [0.717, 1.165) is 9.87 Å². The first-order valence-corrected chi connectivity index (χ1v) is 10.4. The van der Waals surface area contributed by atoms with Gasteiger partial charge >= 0.3 is 0 Å². The summed E-state index contributed by atoms with van der Waals surface area (Å²) in [7, 11) is -0.744. The third-order valence-corrected chi connectivity index (χ3v) is 5.85. The number of nitrogens with zero attached hydrogens (tertiary/aromatic N) is 1. The molecule has 0 spiro atoms. The Morgan fingerprint density at radius 3 is 2.45 bits per heavy atom. The molecule has 0 aliphatic heterocycles. The first-order valence-electron chi connectivity index (χ1n) is 9.00. The molecule has 0 aliphatic carbocycles. The van der Waals surface area contributed by atoms with Gasteiger partial charge in [-0.2, -0.15) is 0 Å². The number of rotatable bonds is 8. The molecule has 0 radical (unpaired) electrons. The lowest BCUT2D eigenvalue weighted by atomic mass is 10.1. The molecule has 0 atom stereocenters. The smallest absolute Gasteiger partial charge is 0.262 e. The minimum Gasteiger partial charge on any atom is -0.483 e. The fraction of sp³-hybridized carbons (Fsp3) is 0.300. The Balaban J connectivity index is 2.11. The molecule has 2 aromatic rings. The quantitative estimate of drug-likeness (QED) is 0.681. The molecule has 2 N–H and O–H groups in total. The van der Waals surface area contributed by atoms with E-state index in [0.29, 0.717) is 23.5 Å². The van der Waals surface area contributed by atoms with Crippen molar-refractivity contribution in [3.05, 3.63) is 53.6 Å². The van der Waals surface area contributed by atoms with Gasteiger partial charge in [0.15, 0.2) is 6.61 Å². The first kappa shape index (κ1) is 22.4. The number of anilines is 1. The fourth-order valence-electron chi connectivity index (χ4n) is 2.56. The zero-order valence-electron chi connectivity index (χ0n) is 16.9. The number of benzene rings is 2. The molecule has 0 fully saturated rings. The molecule has 0 saturated carbocycles. The summed E-state index contributed by atoms with van der Waals surface area (Å²) >= 11 is 0. The summed E-state index contributed by atoms with van der Waals surface area (Å²) in [6.45, 7) is 3.73. The average Bonchev–Trinajstić information content (AvgIpc) is 2.67. The summed E-state index contributed by atoms with van der Waals surface area (Å²) in [6, 6.07) is 11.1. The number of amides is 2. The largest absolute Gasteiger partial charge is 0.483 e. The zero-order valence-corrected chi connectivity index (χ0v) is 17.7. The first-order chi connectivity index (χ1) is 13.7.